The molecule has 0 saturated carbocycles. The van der Waals surface area contributed by atoms with Gasteiger partial charge in [-0.05, 0) is 30.3 Å². The summed E-state index contributed by atoms with van der Waals surface area (Å²) < 4.78 is 36.2. The van der Waals surface area contributed by atoms with Crippen molar-refractivity contribution in [1.29, 1.82) is 5.26 Å². The number of nitrogens with one attached hydrogen (secondary N) is 1. The molecule has 2 aromatic rings. The Labute approximate surface area is 126 Å². The number of rotatable bonds is 3. The summed E-state index contributed by atoms with van der Waals surface area (Å²) in [5.74, 6) is -1.71. The van der Waals surface area contributed by atoms with Crippen molar-refractivity contribution in [3.8, 4) is 6.07 Å². The van der Waals surface area contributed by atoms with Gasteiger partial charge in [-0.25, -0.2) is 17.9 Å². The van der Waals surface area contributed by atoms with Gasteiger partial charge in [-0.3, -0.25) is 4.79 Å². The van der Waals surface area contributed by atoms with Crippen molar-refractivity contribution in [2.45, 2.75) is 4.90 Å². The van der Waals surface area contributed by atoms with Gasteiger partial charge >= 0.3 is 0 Å². The summed E-state index contributed by atoms with van der Waals surface area (Å²) in [4.78, 5) is 11.9. The number of sulfonamides is 1. The first-order chi connectivity index (χ1) is 10.3. The molecule has 0 spiro atoms. The molecule has 0 saturated heterocycles. The second kappa shape index (κ2) is 5.93. The molecule has 0 bridgehead atoms. The maximum absolute atomic E-state index is 13.7. The third-order valence-electron chi connectivity index (χ3n) is 2.78. The zero-order valence-corrected chi connectivity index (χ0v) is 11.9. The monoisotopic (exact) mass is 319 g/mol. The predicted octanol–water partition coefficient (Wildman–Crippen LogP) is 1.60. The standard InChI is InChI=1S/C14H10FN3O3S/c15-12-6-1-3-9(8-16)13(12)14(19)18-10-4-2-5-11(7-10)22(17,20)21/h1-7H,(H,18,19)(H2,17,20,21). The van der Waals surface area contributed by atoms with Crippen LogP contribution in [0.15, 0.2) is 47.4 Å². The summed E-state index contributed by atoms with van der Waals surface area (Å²) in [5, 5.41) is 16.2. The normalized spacial score (nSPS) is 10.8. The molecule has 0 fully saturated rings. The Morgan fingerprint density at radius 1 is 1.23 bits per heavy atom. The molecule has 3 N–H and O–H groups in total. The van der Waals surface area contributed by atoms with Crippen molar-refractivity contribution < 1.29 is 17.6 Å². The number of amides is 1. The van der Waals surface area contributed by atoms with Crippen molar-refractivity contribution in [1.82, 2.24) is 0 Å². The summed E-state index contributed by atoms with van der Waals surface area (Å²) in [5.41, 5.74) is -0.422. The summed E-state index contributed by atoms with van der Waals surface area (Å²) in [6.45, 7) is 0. The van der Waals surface area contributed by atoms with Gasteiger partial charge in [0.2, 0.25) is 10.0 Å². The summed E-state index contributed by atoms with van der Waals surface area (Å²) >= 11 is 0. The van der Waals surface area contributed by atoms with Gasteiger partial charge in [0.15, 0.2) is 0 Å². The maximum atomic E-state index is 13.7. The third kappa shape index (κ3) is 3.28. The number of anilines is 1. The van der Waals surface area contributed by atoms with E-state index in [2.05, 4.69) is 5.32 Å². The first-order valence-electron chi connectivity index (χ1n) is 5.96. The van der Waals surface area contributed by atoms with Crippen LogP contribution in [0.5, 0.6) is 0 Å². The number of nitrogens with zero attached hydrogens (tertiary/aromatic N) is 1. The average Bonchev–Trinajstić information content (AvgIpc) is 2.46. The van der Waals surface area contributed by atoms with E-state index in [-0.39, 0.29) is 16.1 Å². The van der Waals surface area contributed by atoms with Crippen molar-refractivity contribution in [2.75, 3.05) is 5.32 Å². The van der Waals surface area contributed by atoms with Crippen molar-refractivity contribution >= 4 is 21.6 Å². The third-order valence-corrected chi connectivity index (χ3v) is 3.69. The molecular weight excluding hydrogens is 309 g/mol. The minimum atomic E-state index is -3.92. The summed E-state index contributed by atoms with van der Waals surface area (Å²) in [6.07, 6.45) is 0. The number of hydrogen-bond acceptors (Lipinski definition) is 4. The highest BCUT2D eigenvalue weighted by molar-refractivity contribution is 7.89. The van der Waals surface area contributed by atoms with Crippen LogP contribution in [0.3, 0.4) is 0 Å². The lowest BCUT2D eigenvalue weighted by Crippen LogP contribution is -2.17. The molecule has 6 nitrogen and oxygen atoms in total. The number of hydrogen-bond donors (Lipinski definition) is 2. The maximum Gasteiger partial charge on any atom is 0.259 e. The first kappa shape index (κ1) is 15.6. The molecule has 0 atom stereocenters. The highest BCUT2D eigenvalue weighted by atomic mass is 32.2. The summed E-state index contributed by atoms with van der Waals surface area (Å²) in [6, 6.07) is 10.6. The number of primary sulfonamides is 1. The van der Waals surface area contributed by atoms with Gasteiger partial charge in [-0.1, -0.05) is 12.1 Å². The second-order valence-electron chi connectivity index (χ2n) is 4.30. The molecule has 8 heteroatoms. The number of halogens is 1. The number of carbonyl (C=O) groups is 1. The molecule has 0 aliphatic heterocycles. The Morgan fingerprint density at radius 2 is 1.91 bits per heavy atom. The fraction of sp³-hybridized carbons (Fsp3) is 0. The van der Waals surface area contributed by atoms with Crippen LogP contribution in [0.2, 0.25) is 0 Å². The van der Waals surface area contributed by atoms with Crippen molar-refractivity contribution in [2.24, 2.45) is 5.14 Å². The molecular formula is C14H10FN3O3S. The first-order valence-corrected chi connectivity index (χ1v) is 7.50. The van der Waals surface area contributed by atoms with E-state index < -0.39 is 27.3 Å². The van der Waals surface area contributed by atoms with Crippen LogP contribution in [0.1, 0.15) is 15.9 Å². The van der Waals surface area contributed by atoms with Gasteiger partial charge < -0.3 is 5.32 Å². The zero-order chi connectivity index (χ0) is 16.3. The van der Waals surface area contributed by atoms with Gasteiger partial charge in [0.05, 0.1) is 16.0 Å². The van der Waals surface area contributed by atoms with E-state index in [1.54, 1.807) is 6.07 Å². The molecule has 0 aromatic heterocycles. The number of nitrogens with two attached hydrogens (primary N) is 1. The van der Waals surface area contributed by atoms with Crippen LogP contribution < -0.4 is 10.5 Å². The molecule has 0 unspecified atom stereocenters. The van der Waals surface area contributed by atoms with Gasteiger partial charge in [-0.15, -0.1) is 0 Å². The predicted molar refractivity (Wildman–Crippen MR) is 76.9 cm³/mol. The van der Waals surface area contributed by atoms with Gasteiger partial charge in [0, 0.05) is 5.69 Å². The number of nitriles is 1. The van der Waals surface area contributed by atoms with E-state index in [0.29, 0.717) is 0 Å². The molecule has 1 amide bonds. The van der Waals surface area contributed by atoms with E-state index in [1.165, 1.54) is 30.3 Å². The van der Waals surface area contributed by atoms with Gasteiger partial charge in [0.25, 0.3) is 5.91 Å². The van der Waals surface area contributed by atoms with Crippen LogP contribution in [0, 0.1) is 17.1 Å². The number of benzene rings is 2. The van der Waals surface area contributed by atoms with Crippen molar-refractivity contribution in [3.05, 3.63) is 59.4 Å². The Kier molecular flexibility index (Phi) is 4.21. The molecule has 2 rings (SSSR count). The molecule has 22 heavy (non-hydrogen) atoms. The Balaban J connectivity index is 2.37. The lowest BCUT2D eigenvalue weighted by molar-refractivity contribution is 0.102. The largest absolute Gasteiger partial charge is 0.322 e. The van der Waals surface area contributed by atoms with E-state index in [1.807, 2.05) is 0 Å². The Morgan fingerprint density at radius 3 is 2.55 bits per heavy atom. The highest BCUT2D eigenvalue weighted by Gasteiger charge is 2.17. The van der Waals surface area contributed by atoms with Crippen LogP contribution in [0.4, 0.5) is 10.1 Å². The van der Waals surface area contributed by atoms with E-state index >= 15 is 0 Å². The van der Waals surface area contributed by atoms with Crippen LogP contribution in [0.25, 0.3) is 0 Å². The fourth-order valence-electron chi connectivity index (χ4n) is 1.79. The fourth-order valence-corrected chi connectivity index (χ4v) is 2.35. The Bertz CT molecular complexity index is 888. The van der Waals surface area contributed by atoms with Crippen LogP contribution >= 0.6 is 0 Å². The SMILES string of the molecule is N#Cc1cccc(F)c1C(=O)Nc1cccc(S(N)(=O)=O)c1. The molecule has 0 heterocycles. The lowest BCUT2D eigenvalue weighted by Gasteiger charge is -2.08. The lowest BCUT2D eigenvalue weighted by atomic mass is 10.1. The van der Waals surface area contributed by atoms with E-state index in [0.717, 1.165) is 12.1 Å². The molecule has 0 aliphatic carbocycles. The summed E-state index contributed by atoms with van der Waals surface area (Å²) in [7, 11) is -3.92. The molecule has 0 aliphatic rings. The minimum absolute atomic E-state index is 0.115. The van der Waals surface area contributed by atoms with Gasteiger partial charge in [-0.2, -0.15) is 5.26 Å². The van der Waals surface area contributed by atoms with Gasteiger partial charge in [0.1, 0.15) is 11.9 Å². The van der Waals surface area contributed by atoms with Crippen LogP contribution in [-0.4, -0.2) is 14.3 Å². The molecule has 0 radical (unpaired) electrons. The topological polar surface area (TPSA) is 113 Å². The van der Waals surface area contributed by atoms with Crippen molar-refractivity contribution in [3.63, 3.8) is 0 Å². The molecule has 112 valence electrons. The van der Waals surface area contributed by atoms with Crippen LogP contribution in [-0.2, 0) is 10.0 Å². The average molecular weight is 319 g/mol. The highest BCUT2D eigenvalue weighted by Crippen LogP contribution is 2.18. The second-order valence-corrected chi connectivity index (χ2v) is 5.86. The van der Waals surface area contributed by atoms with E-state index in [4.69, 9.17) is 10.4 Å². The minimum Gasteiger partial charge on any atom is -0.322 e. The van der Waals surface area contributed by atoms with E-state index in [9.17, 15) is 17.6 Å². The number of carbonyl (C=O) groups excluding carboxylic acids is 1. The zero-order valence-electron chi connectivity index (χ0n) is 11.1. The Hall–Kier alpha value is -2.76. The quantitative estimate of drug-likeness (QED) is 0.894. The smallest absolute Gasteiger partial charge is 0.259 e. The molecule has 2 aromatic carbocycles.